The molecule has 118 valence electrons. The van der Waals surface area contributed by atoms with Crippen LogP contribution in [0.5, 0.6) is 0 Å². The SMILES string of the molecule is CN1C(=O)N(c2ccccc2F)C(=O)/C1=N\C(Cl)C(Cl)(Cl)Cl. The molecule has 1 atom stereocenters. The van der Waals surface area contributed by atoms with Crippen LogP contribution in [-0.2, 0) is 4.79 Å². The fourth-order valence-electron chi connectivity index (χ4n) is 1.74. The number of benzene rings is 1. The first-order valence-electron chi connectivity index (χ1n) is 5.80. The lowest BCUT2D eigenvalue weighted by Crippen LogP contribution is -2.32. The lowest BCUT2D eigenvalue weighted by molar-refractivity contribution is -0.111. The first-order valence-corrected chi connectivity index (χ1v) is 7.37. The van der Waals surface area contributed by atoms with Crippen LogP contribution in [-0.4, -0.2) is 39.0 Å². The lowest BCUT2D eigenvalue weighted by atomic mass is 10.3. The third-order valence-electron chi connectivity index (χ3n) is 2.79. The van der Waals surface area contributed by atoms with Crippen LogP contribution < -0.4 is 4.90 Å². The van der Waals surface area contributed by atoms with Gasteiger partial charge in [-0.25, -0.2) is 19.1 Å². The van der Waals surface area contributed by atoms with E-state index >= 15 is 0 Å². The summed E-state index contributed by atoms with van der Waals surface area (Å²) in [4.78, 5) is 29.8. The summed E-state index contributed by atoms with van der Waals surface area (Å²) in [5.74, 6) is -1.94. The number of carbonyl (C=O) groups excluding carboxylic acids is 2. The van der Waals surface area contributed by atoms with Crippen LogP contribution in [0, 0.1) is 5.82 Å². The molecule has 10 heteroatoms. The van der Waals surface area contributed by atoms with E-state index < -0.39 is 27.0 Å². The number of hydrogen-bond acceptors (Lipinski definition) is 3. The maximum absolute atomic E-state index is 13.8. The first kappa shape index (κ1) is 17.3. The molecule has 1 fully saturated rings. The molecule has 1 aromatic rings. The molecule has 1 heterocycles. The van der Waals surface area contributed by atoms with Gasteiger partial charge in [0.05, 0.1) is 5.69 Å². The van der Waals surface area contributed by atoms with E-state index in [2.05, 4.69) is 4.99 Å². The van der Waals surface area contributed by atoms with Gasteiger partial charge in [0.2, 0.25) is 9.63 Å². The van der Waals surface area contributed by atoms with Gasteiger partial charge in [-0.05, 0) is 12.1 Å². The number of amidine groups is 1. The number of rotatable bonds is 2. The number of carbonyl (C=O) groups is 2. The Morgan fingerprint density at radius 3 is 2.36 bits per heavy atom. The average Bonchev–Trinajstić information content (AvgIpc) is 2.63. The second-order valence-corrected chi connectivity index (χ2v) is 7.05. The van der Waals surface area contributed by atoms with Gasteiger partial charge >= 0.3 is 11.9 Å². The number of urea groups is 1. The molecule has 1 saturated heterocycles. The fraction of sp³-hybridized carbons (Fsp3) is 0.250. The molecule has 1 unspecified atom stereocenters. The van der Waals surface area contributed by atoms with E-state index in [1.807, 2.05) is 0 Å². The Labute approximate surface area is 145 Å². The van der Waals surface area contributed by atoms with Crippen LogP contribution in [0.2, 0.25) is 0 Å². The Morgan fingerprint density at radius 2 is 1.82 bits per heavy atom. The van der Waals surface area contributed by atoms with E-state index in [0.717, 1.165) is 11.0 Å². The average molecular weight is 387 g/mol. The number of halogens is 5. The van der Waals surface area contributed by atoms with Crippen molar-refractivity contribution in [3.05, 3.63) is 30.1 Å². The van der Waals surface area contributed by atoms with Crippen molar-refractivity contribution >= 4 is 69.9 Å². The number of anilines is 1. The van der Waals surface area contributed by atoms with Gasteiger partial charge in [-0.2, -0.15) is 0 Å². The van der Waals surface area contributed by atoms with Gasteiger partial charge in [0.15, 0.2) is 5.50 Å². The van der Waals surface area contributed by atoms with E-state index in [1.54, 1.807) is 0 Å². The molecule has 2 rings (SSSR count). The Bertz CT molecular complexity index is 662. The molecule has 0 aromatic heterocycles. The van der Waals surface area contributed by atoms with Crippen molar-refractivity contribution in [2.45, 2.75) is 9.29 Å². The Balaban J connectivity index is 2.43. The summed E-state index contributed by atoms with van der Waals surface area (Å²) >= 11 is 22.5. The molecular weight excluding hydrogens is 379 g/mol. The molecule has 1 aliphatic heterocycles. The third-order valence-corrected chi connectivity index (χ3v) is 4.17. The van der Waals surface area contributed by atoms with E-state index in [9.17, 15) is 14.0 Å². The number of para-hydroxylation sites is 1. The molecule has 1 aromatic carbocycles. The summed E-state index contributed by atoms with van der Waals surface area (Å²) in [7, 11) is 1.28. The minimum atomic E-state index is -1.97. The maximum Gasteiger partial charge on any atom is 0.337 e. The summed E-state index contributed by atoms with van der Waals surface area (Å²) in [5.41, 5.74) is -1.60. The highest BCUT2D eigenvalue weighted by molar-refractivity contribution is 6.70. The lowest BCUT2D eigenvalue weighted by Gasteiger charge is -2.15. The molecular formula is C12H8Cl4FN3O2. The van der Waals surface area contributed by atoms with Gasteiger partial charge in [0, 0.05) is 7.05 Å². The highest BCUT2D eigenvalue weighted by atomic mass is 35.6. The van der Waals surface area contributed by atoms with Crippen LogP contribution in [0.3, 0.4) is 0 Å². The number of hydrogen-bond donors (Lipinski definition) is 0. The van der Waals surface area contributed by atoms with Gasteiger partial charge in [-0.1, -0.05) is 58.5 Å². The molecule has 0 saturated carbocycles. The molecule has 22 heavy (non-hydrogen) atoms. The minimum absolute atomic E-state index is 0.199. The predicted molar refractivity (Wildman–Crippen MR) is 84.4 cm³/mol. The number of amides is 3. The summed E-state index contributed by atoms with van der Waals surface area (Å²) in [6, 6.07) is 4.54. The molecule has 3 amide bonds. The Kier molecular flexibility index (Phi) is 4.87. The minimum Gasteiger partial charge on any atom is -0.276 e. The van der Waals surface area contributed by atoms with Crippen molar-refractivity contribution in [1.82, 2.24) is 4.90 Å². The van der Waals surface area contributed by atoms with Gasteiger partial charge in [0.25, 0.3) is 0 Å². The van der Waals surface area contributed by atoms with Crippen molar-refractivity contribution in [2.75, 3.05) is 11.9 Å². The van der Waals surface area contributed by atoms with E-state index in [-0.39, 0.29) is 11.5 Å². The molecule has 0 spiro atoms. The second-order valence-electron chi connectivity index (χ2n) is 4.26. The van der Waals surface area contributed by atoms with Crippen molar-refractivity contribution in [3.63, 3.8) is 0 Å². The van der Waals surface area contributed by atoms with Crippen LogP contribution in [0.15, 0.2) is 29.3 Å². The van der Waals surface area contributed by atoms with Crippen molar-refractivity contribution < 1.29 is 14.0 Å². The van der Waals surface area contributed by atoms with Crippen LogP contribution in [0.1, 0.15) is 0 Å². The molecule has 0 aliphatic carbocycles. The summed E-state index contributed by atoms with van der Waals surface area (Å²) in [6.07, 6.45) is 0. The smallest absolute Gasteiger partial charge is 0.276 e. The number of aliphatic imine (C=N–C) groups is 1. The second kappa shape index (κ2) is 6.20. The largest absolute Gasteiger partial charge is 0.337 e. The topological polar surface area (TPSA) is 53.0 Å². The van der Waals surface area contributed by atoms with E-state index in [1.165, 1.54) is 25.2 Å². The number of imide groups is 1. The molecule has 0 radical (unpaired) electrons. The zero-order valence-corrected chi connectivity index (χ0v) is 14.0. The zero-order chi connectivity index (χ0) is 16.7. The highest BCUT2D eigenvalue weighted by Crippen LogP contribution is 2.35. The van der Waals surface area contributed by atoms with Crippen molar-refractivity contribution in [1.29, 1.82) is 0 Å². The number of alkyl halides is 4. The van der Waals surface area contributed by atoms with Crippen molar-refractivity contribution in [2.24, 2.45) is 4.99 Å². The standard InChI is InChI=1S/C12H8Cl4FN3O2/c1-19-8(18-10(13)12(14,15)16)9(21)20(11(19)22)7-5-3-2-4-6(7)17/h2-5,10H,1H3/b18-8+. The first-order chi connectivity index (χ1) is 10.1. The summed E-state index contributed by atoms with van der Waals surface area (Å²) in [5, 5.41) is 0. The van der Waals surface area contributed by atoms with Crippen LogP contribution in [0.25, 0.3) is 0 Å². The van der Waals surface area contributed by atoms with Gasteiger partial charge in [0.1, 0.15) is 5.82 Å². The Hall–Kier alpha value is -1.08. The number of likely N-dealkylation sites (N-methyl/N-ethyl adjacent to an activating group) is 1. The molecule has 1 aliphatic rings. The fourth-order valence-corrected chi connectivity index (χ4v) is 1.98. The van der Waals surface area contributed by atoms with Gasteiger partial charge in [-0.15, -0.1) is 0 Å². The predicted octanol–water partition coefficient (Wildman–Crippen LogP) is 3.56. The summed E-state index contributed by atoms with van der Waals surface area (Å²) < 4.78 is 11.8. The van der Waals surface area contributed by atoms with Gasteiger partial charge in [-0.3, -0.25) is 9.69 Å². The highest BCUT2D eigenvalue weighted by Gasteiger charge is 2.44. The van der Waals surface area contributed by atoms with Gasteiger partial charge < -0.3 is 0 Å². The van der Waals surface area contributed by atoms with E-state index in [4.69, 9.17) is 46.4 Å². The van der Waals surface area contributed by atoms with Crippen LogP contribution in [0.4, 0.5) is 14.9 Å². The molecule has 0 bridgehead atoms. The number of nitrogens with zero attached hydrogens (tertiary/aromatic N) is 3. The Morgan fingerprint density at radius 1 is 1.23 bits per heavy atom. The van der Waals surface area contributed by atoms with E-state index in [0.29, 0.717) is 4.90 Å². The van der Waals surface area contributed by atoms with Crippen molar-refractivity contribution in [3.8, 4) is 0 Å². The molecule has 5 nitrogen and oxygen atoms in total. The zero-order valence-electron chi connectivity index (χ0n) is 10.9. The normalized spacial score (nSPS) is 19.3. The van der Waals surface area contributed by atoms with Crippen LogP contribution >= 0.6 is 46.4 Å². The monoisotopic (exact) mass is 385 g/mol. The summed E-state index contributed by atoms with van der Waals surface area (Å²) in [6.45, 7) is 0. The third kappa shape index (κ3) is 3.15. The quantitative estimate of drug-likeness (QED) is 0.443. The molecule has 0 N–H and O–H groups in total. The maximum atomic E-state index is 13.8.